The summed E-state index contributed by atoms with van der Waals surface area (Å²) in [6, 6.07) is 15.3. The minimum absolute atomic E-state index is 0.0411. The Morgan fingerprint density at radius 2 is 1.85 bits per heavy atom. The summed E-state index contributed by atoms with van der Waals surface area (Å²) in [5, 5.41) is 3.84. The van der Waals surface area contributed by atoms with Gasteiger partial charge in [0.05, 0.1) is 5.56 Å². The maximum atomic E-state index is 13.2. The van der Waals surface area contributed by atoms with E-state index in [1.807, 2.05) is 30.3 Å². The van der Waals surface area contributed by atoms with E-state index in [1.165, 1.54) is 18.2 Å². The number of nitrogens with one attached hydrogen (secondary N) is 2. The van der Waals surface area contributed by atoms with E-state index in [1.54, 1.807) is 6.07 Å². The number of benzene rings is 2. The second kappa shape index (κ2) is 7.35. The molecule has 2 N–H and O–H groups in total. The smallest absolute Gasteiger partial charge is 0.252 e. The molecule has 1 fully saturated rings. The van der Waals surface area contributed by atoms with Gasteiger partial charge in [-0.05, 0) is 48.9 Å². The lowest BCUT2D eigenvalue weighted by Gasteiger charge is -2.30. The van der Waals surface area contributed by atoms with Crippen LogP contribution in [0.4, 0.5) is 4.39 Å². The van der Waals surface area contributed by atoms with Gasteiger partial charge in [-0.3, -0.25) is 9.59 Å². The number of H-pyrrole nitrogens is 1. The van der Waals surface area contributed by atoms with Crippen LogP contribution in [-0.2, 0) is 0 Å². The van der Waals surface area contributed by atoms with Crippen molar-refractivity contribution >= 4 is 16.8 Å². The number of hydrogen-bond donors (Lipinski definition) is 2. The summed E-state index contributed by atoms with van der Waals surface area (Å²) in [6.45, 7) is 0. The number of amides is 1. The van der Waals surface area contributed by atoms with Gasteiger partial charge in [-0.15, -0.1) is 0 Å². The Bertz CT molecular complexity index is 1030. The van der Waals surface area contributed by atoms with E-state index in [4.69, 9.17) is 0 Å². The molecule has 1 aliphatic rings. The number of carbonyl (C=O) groups is 1. The zero-order valence-corrected chi connectivity index (χ0v) is 14.9. The van der Waals surface area contributed by atoms with E-state index in [2.05, 4.69) is 10.3 Å². The zero-order chi connectivity index (χ0) is 18.8. The zero-order valence-electron chi connectivity index (χ0n) is 14.9. The largest absolute Gasteiger partial charge is 0.349 e. The first-order chi connectivity index (χ1) is 13.1. The summed E-state index contributed by atoms with van der Waals surface area (Å²) in [4.78, 5) is 27.5. The maximum Gasteiger partial charge on any atom is 0.252 e. The summed E-state index contributed by atoms with van der Waals surface area (Å²) >= 11 is 0. The highest BCUT2D eigenvalue weighted by Crippen LogP contribution is 2.33. The number of aromatic amines is 1. The number of aromatic nitrogens is 1. The molecule has 3 aromatic rings. The van der Waals surface area contributed by atoms with E-state index >= 15 is 0 Å². The highest BCUT2D eigenvalue weighted by Gasteiger charge is 2.25. The van der Waals surface area contributed by atoms with Crippen molar-refractivity contribution in [3.05, 3.63) is 81.9 Å². The molecule has 2 aromatic carbocycles. The monoisotopic (exact) mass is 364 g/mol. The number of pyridine rings is 1. The molecule has 1 heterocycles. The first-order valence-corrected chi connectivity index (χ1v) is 9.28. The van der Waals surface area contributed by atoms with Gasteiger partial charge in [0, 0.05) is 23.0 Å². The van der Waals surface area contributed by atoms with Crippen LogP contribution in [0.3, 0.4) is 0 Å². The van der Waals surface area contributed by atoms with Crippen LogP contribution in [-0.4, -0.2) is 16.9 Å². The molecule has 0 radical (unpaired) electrons. The lowest BCUT2D eigenvalue weighted by molar-refractivity contribution is 0.0926. The Labute approximate surface area is 156 Å². The third kappa shape index (κ3) is 3.77. The van der Waals surface area contributed by atoms with Gasteiger partial charge in [0.25, 0.3) is 5.91 Å². The van der Waals surface area contributed by atoms with Gasteiger partial charge in [0.15, 0.2) is 0 Å². The molecule has 1 saturated carbocycles. The quantitative estimate of drug-likeness (QED) is 0.734. The minimum atomic E-state index is -0.285. The number of fused-ring (bicyclic) bond motifs is 1. The molecule has 0 bridgehead atoms. The molecule has 138 valence electrons. The number of carbonyl (C=O) groups excluding carboxylic acids is 1. The molecule has 2 unspecified atom stereocenters. The fraction of sp³-hybridized carbons (Fsp3) is 0.273. The number of halogens is 1. The summed E-state index contributed by atoms with van der Waals surface area (Å²) in [6.07, 6.45) is 3.76. The summed E-state index contributed by atoms with van der Waals surface area (Å²) in [7, 11) is 0. The van der Waals surface area contributed by atoms with Gasteiger partial charge in [-0.1, -0.05) is 36.8 Å². The molecule has 1 aromatic heterocycles. The fourth-order valence-electron chi connectivity index (χ4n) is 4.01. The van der Waals surface area contributed by atoms with Crippen molar-refractivity contribution in [3.63, 3.8) is 0 Å². The van der Waals surface area contributed by atoms with Crippen molar-refractivity contribution in [2.24, 2.45) is 0 Å². The van der Waals surface area contributed by atoms with Crippen LogP contribution >= 0.6 is 0 Å². The molecule has 1 aliphatic carbocycles. The SMILES string of the molecule is O=C(NC1CCCC(c2ccc(F)cc2)C1)c1cc(=O)[nH]c2ccccc12. The van der Waals surface area contributed by atoms with Gasteiger partial charge >= 0.3 is 0 Å². The van der Waals surface area contributed by atoms with Crippen molar-refractivity contribution in [2.45, 2.75) is 37.6 Å². The molecular weight excluding hydrogens is 343 g/mol. The normalized spacial score (nSPS) is 19.7. The molecule has 0 aliphatic heterocycles. The lowest BCUT2D eigenvalue weighted by atomic mass is 9.81. The molecule has 27 heavy (non-hydrogen) atoms. The van der Waals surface area contributed by atoms with E-state index < -0.39 is 0 Å². The van der Waals surface area contributed by atoms with Gasteiger partial charge in [-0.25, -0.2) is 4.39 Å². The molecule has 2 atom stereocenters. The van der Waals surface area contributed by atoms with E-state index in [0.717, 1.165) is 36.6 Å². The van der Waals surface area contributed by atoms with Crippen molar-refractivity contribution in [1.82, 2.24) is 10.3 Å². The average molecular weight is 364 g/mol. The van der Waals surface area contributed by atoms with Gasteiger partial charge in [-0.2, -0.15) is 0 Å². The van der Waals surface area contributed by atoms with Crippen LogP contribution < -0.4 is 10.9 Å². The molecular formula is C22H21FN2O2. The summed E-state index contributed by atoms with van der Waals surface area (Å²) < 4.78 is 13.2. The average Bonchev–Trinajstić information content (AvgIpc) is 2.68. The summed E-state index contributed by atoms with van der Waals surface area (Å²) in [5.74, 6) is -0.150. The maximum absolute atomic E-state index is 13.2. The van der Waals surface area contributed by atoms with Crippen LogP contribution in [0.1, 0.15) is 47.5 Å². The molecule has 4 rings (SSSR count). The number of para-hydroxylation sites is 1. The molecule has 0 spiro atoms. The topological polar surface area (TPSA) is 62.0 Å². The second-order valence-corrected chi connectivity index (χ2v) is 7.18. The van der Waals surface area contributed by atoms with Crippen molar-refractivity contribution in [1.29, 1.82) is 0 Å². The van der Waals surface area contributed by atoms with E-state index in [0.29, 0.717) is 17.0 Å². The highest BCUT2D eigenvalue weighted by molar-refractivity contribution is 6.06. The van der Waals surface area contributed by atoms with Crippen LogP contribution in [0.25, 0.3) is 10.9 Å². The molecule has 4 nitrogen and oxygen atoms in total. The molecule has 0 saturated heterocycles. The standard InChI is InChI=1S/C22H21FN2O2/c23-16-10-8-14(9-11-16)15-4-3-5-17(12-15)24-22(27)19-13-21(26)25-20-7-2-1-6-18(19)20/h1-2,6-11,13,15,17H,3-5,12H2,(H,24,27)(H,25,26). The predicted molar refractivity (Wildman–Crippen MR) is 103 cm³/mol. The Morgan fingerprint density at radius 3 is 2.67 bits per heavy atom. The Kier molecular flexibility index (Phi) is 4.75. The number of hydrogen-bond acceptors (Lipinski definition) is 2. The second-order valence-electron chi connectivity index (χ2n) is 7.18. The first-order valence-electron chi connectivity index (χ1n) is 9.28. The minimum Gasteiger partial charge on any atom is -0.349 e. The Balaban J connectivity index is 1.53. The van der Waals surface area contributed by atoms with E-state index in [-0.39, 0.29) is 23.3 Å². The Hall–Kier alpha value is -2.95. The highest BCUT2D eigenvalue weighted by atomic mass is 19.1. The third-order valence-electron chi connectivity index (χ3n) is 5.35. The lowest BCUT2D eigenvalue weighted by Crippen LogP contribution is -2.38. The third-order valence-corrected chi connectivity index (χ3v) is 5.35. The Morgan fingerprint density at radius 1 is 1.07 bits per heavy atom. The molecule has 1 amide bonds. The summed E-state index contributed by atoms with van der Waals surface area (Å²) in [5.41, 5.74) is 1.88. The van der Waals surface area contributed by atoms with Gasteiger partial charge in [0.2, 0.25) is 5.56 Å². The molecule has 5 heteroatoms. The van der Waals surface area contributed by atoms with Crippen molar-refractivity contribution in [3.8, 4) is 0 Å². The van der Waals surface area contributed by atoms with Crippen molar-refractivity contribution < 1.29 is 9.18 Å². The van der Waals surface area contributed by atoms with Crippen LogP contribution in [0.2, 0.25) is 0 Å². The first kappa shape index (κ1) is 17.5. The van der Waals surface area contributed by atoms with Crippen LogP contribution in [0.5, 0.6) is 0 Å². The fourth-order valence-corrected chi connectivity index (χ4v) is 4.01. The van der Waals surface area contributed by atoms with Crippen molar-refractivity contribution in [2.75, 3.05) is 0 Å². The van der Waals surface area contributed by atoms with Crippen LogP contribution in [0.15, 0.2) is 59.4 Å². The van der Waals surface area contributed by atoms with Gasteiger partial charge in [0.1, 0.15) is 5.82 Å². The predicted octanol–water partition coefficient (Wildman–Crippen LogP) is 4.12. The van der Waals surface area contributed by atoms with E-state index in [9.17, 15) is 14.0 Å². The van der Waals surface area contributed by atoms with Gasteiger partial charge < -0.3 is 10.3 Å². The van der Waals surface area contributed by atoms with Crippen LogP contribution in [0, 0.1) is 5.82 Å². The number of rotatable bonds is 3.